The standard InChI is InChI=1S/C16H11N3S/c1-12-19-15(10-20-12)7-4-13-2-5-14(6-3-13)16-8-9-17-11-18-16/h2-3,5-6,8-11H,1H3. The Labute approximate surface area is 121 Å². The van der Waals surface area contributed by atoms with Gasteiger partial charge in [0.05, 0.1) is 10.7 Å². The molecule has 0 aliphatic carbocycles. The van der Waals surface area contributed by atoms with Gasteiger partial charge in [-0.2, -0.15) is 0 Å². The molecule has 3 aromatic rings. The van der Waals surface area contributed by atoms with E-state index in [1.165, 1.54) is 0 Å². The number of hydrogen-bond donors (Lipinski definition) is 0. The fraction of sp³-hybridized carbons (Fsp3) is 0.0625. The zero-order valence-corrected chi connectivity index (χ0v) is 11.7. The van der Waals surface area contributed by atoms with Crippen molar-refractivity contribution in [1.82, 2.24) is 15.0 Å². The van der Waals surface area contributed by atoms with Crippen molar-refractivity contribution in [3.05, 3.63) is 64.5 Å². The zero-order valence-electron chi connectivity index (χ0n) is 10.9. The third kappa shape index (κ3) is 2.90. The Morgan fingerprint density at radius 1 is 1.05 bits per heavy atom. The predicted octanol–water partition coefficient (Wildman–Crippen LogP) is 3.31. The summed E-state index contributed by atoms with van der Waals surface area (Å²) in [5.41, 5.74) is 3.76. The van der Waals surface area contributed by atoms with Gasteiger partial charge in [0.1, 0.15) is 12.0 Å². The van der Waals surface area contributed by atoms with E-state index < -0.39 is 0 Å². The SMILES string of the molecule is Cc1nc(C#Cc2ccc(-c3ccncn3)cc2)cs1. The van der Waals surface area contributed by atoms with Crippen LogP contribution in [0.1, 0.15) is 16.3 Å². The number of rotatable bonds is 1. The molecule has 20 heavy (non-hydrogen) atoms. The second-order valence-corrected chi connectivity index (χ2v) is 5.24. The van der Waals surface area contributed by atoms with Gasteiger partial charge in [-0.1, -0.05) is 18.1 Å². The van der Waals surface area contributed by atoms with E-state index >= 15 is 0 Å². The molecular weight excluding hydrogens is 266 g/mol. The molecule has 0 aliphatic rings. The maximum Gasteiger partial charge on any atom is 0.124 e. The highest BCUT2D eigenvalue weighted by Crippen LogP contribution is 2.16. The van der Waals surface area contributed by atoms with Gasteiger partial charge >= 0.3 is 0 Å². The average molecular weight is 277 g/mol. The predicted molar refractivity (Wildman–Crippen MR) is 80.3 cm³/mol. The van der Waals surface area contributed by atoms with Crippen LogP contribution in [-0.4, -0.2) is 15.0 Å². The molecule has 0 bridgehead atoms. The second kappa shape index (κ2) is 5.64. The van der Waals surface area contributed by atoms with Crippen molar-refractivity contribution in [3.63, 3.8) is 0 Å². The van der Waals surface area contributed by atoms with Crippen LogP contribution >= 0.6 is 11.3 Å². The smallest absolute Gasteiger partial charge is 0.124 e. The maximum absolute atomic E-state index is 4.32. The third-order valence-corrected chi connectivity index (χ3v) is 3.49. The normalized spacial score (nSPS) is 9.85. The fourth-order valence-corrected chi connectivity index (χ4v) is 2.29. The van der Waals surface area contributed by atoms with Crippen LogP contribution in [-0.2, 0) is 0 Å². The molecule has 3 rings (SSSR count). The number of aromatic nitrogens is 3. The van der Waals surface area contributed by atoms with E-state index in [0.29, 0.717) is 0 Å². The van der Waals surface area contributed by atoms with Gasteiger partial charge in [0.15, 0.2) is 0 Å². The lowest BCUT2D eigenvalue weighted by molar-refractivity contribution is 1.17. The number of hydrogen-bond acceptors (Lipinski definition) is 4. The summed E-state index contributed by atoms with van der Waals surface area (Å²) in [4.78, 5) is 12.5. The Kier molecular flexibility index (Phi) is 3.53. The molecule has 1 aromatic carbocycles. The zero-order chi connectivity index (χ0) is 13.8. The van der Waals surface area contributed by atoms with Crippen molar-refractivity contribution in [1.29, 1.82) is 0 Å². The summed E-state index contributed by atoms with van der Waals surface area (Å²) in [5.74, 6) is 6.18. The van der Waals surface area contributed by atoms with E-state index in [-0.39, 0.29) is 0 Å². The second-order valence-electron chi connectivity index (χ2n) is 4.17. The average Bonchev–Trinajstić information content (AvgIpc) is 2.92. The molecule has 0 fully saturated rings. The molecule has 3 nitrogen and oxygen atoms in total. The summed E-state index contributed by atoms with van der Waals surface area (Å²) < 4.78 is 0. The van der Waals surface area contributed by atoms with Crippen molar-refractivity contribution in [2.24, 2.45) is 0 Å². The lowest BCUT2D eigenvalue weighted by atomic mass is 10.1. The first kappa shape index (κ1) is 12.5. The van der Waals surface area contributed by atoms with E-state index in [0.717, 1.165) is 27.5 Å². The van der Waals surface area contributed by atoms with Gasteiger partial charge in [0.2, 0.25) is 0 Å². The van der Waals surface area contributed by atoms with Gasteiger partial charge in [-0.15, -0.1) is 11.3 Å². The van der Waals surface area contributed by atoms with E-state index in [9.17, 15) is 0 Å². The largest absolute Gasteiger partial charge is 0.245 e. The summed E-state index contributed by atoms with van der Waals surface area (Å²) in [6.45, 7) is 1.98. The molecule has 96 valence electrons. The van der Waals surface area contributed by atoms with E-state index in [1.807, 2.05) is 42.6 Å². The minimum atomic E-state index is 0.826. The Bertz CT molecular complexity index is 765. The lowest BCUT2D eigenvalue weighted by Crippen LogP contribution is -1.84. The summed E-state index contributed by atoms with van der Waals surface area (Å²) in [5, 5.41) is 3.01. The molecule has 2 aromatic heterocycles. The molecule has 0 spiro atoms. The Hall–Kier alpha value is -2.51. The van der Waals surface area contributed by atoms with Gasteiger partial charge in [-0.25, -0.2) is 15.0 Å². The minimum absolute atomic E-state index is 0.826. The Balaban J connectivity index is 1.82. The van der Waals surface area contributed by atoms with Crippen LogP contribution < -0.4 is 0 Å². The molecule has 0 unspecified atom stereocenters. The number of benzene rings is 1. The number of nitrogens with zero attached hydrogens (tertiary/aromatic N) is 3. The van der Waals surface area contributed by atoms with Crippen LogP contribution in [0.3, 0.4) is 0 Å². The highest BCUT2D eigenvalue weighted by atomic mass is 32.1. The highest BCUT2D eigenvalue weighted by Gasteiger charge is 1.97. The van der Waals surface area contributed by atoms with Crippen LogP contribution in [0.4, 0.5) is 0 Å². The van der Waals surface area contributed by atoms with E-state index in [1.54, 1.807) is 23.9 Å². The van der Waals surface area contributed by atoms with Gasteiger partial charge < -0.3 is 0 Å². The fourth-order valence-electron chi connectivity index (χ4n) is 1.74. The topological polar surface area (TPSA) is 38.7 Å². The van der Waals surface area contributed by atoms with Crippen molar-refractivity contribution in [3.8, 4) is 23.1 Å². The van der Waals surface area contributed by atoms with Crippen molar-refractivity contribution in [2.45, 2.75) is 6.92 Å². The molecule has 2 heterocycles. The van der Waals surface area contributed by atoms with Gasteiger partial charge in [-0.3, -0.25) is 0 Å². The Morgan fingerprint density at radius 3 is 2.55 bits per heavy atom. The van der Waals surface area contributed by atoms with Crippen molar-refractivity contribution < 1.29 is 0 Å². The van der Waals surface area contributed by atoms with Crippen LogP contribution in [0.2, 0.25) is 0 Å². The Morgan fingerprint density at radius 2 is 1.90 bits per heavy atom. The number of thiazole rings is 1. The molecule has 0 radical (unpaired) electrons. The first-order chi connectivity index (χ1) is 9.81. The molecule has 0 amide bonds. The van der Waals surface area contributed by atoms with Gasteiger partial charge in [-0.05, 0) is 31.0 Å². The van der Waals surface area contributed by atoms with Crippen molar-refractivity contribution >= 4 is 11.3 Å². The molecule has 0 N–H and O–H groups in total. The van der Waals surface area contributed by atoms with Crippen LogP contribution in [0.5, 0.6) is 0 Å². The first-order valence-electron chi connectivity index (χ1n) is 6.12. The molecule has 4 heteroatoms. The van der Waals surface area contributed by atoms with Crippen LogP contribution in [0.25, 0.3) is 11.3 Å². The lowest BCUT2D eigenvalue weighted by Gasteiger charge is -1.99. The van der Waals surface area contributed by atoms with Crippen LogP contribution in [0, 0.1) is 18.8 Å². The van der Waals surface area contributed by atoms with E-state index in [4.69, 9.17) is 0 Å². The molecule has 0 saturated carbocycles. The van der Waals surface area contributed by atoms with Crippen molar-refractivity contribution in [2.75, 3.05) is 0 Å². The summed E-state index contributed by atoms with van der Waals surface area (Å²) in [6, 6.07) is 9.89. The van der Waals surface area contributed by atoms with Gasteiger partial charge in [0, 0.05) is 22.7 Å². The maximum atomic E-state index is 4.32. The highest BCUT2D eigenvalue weighted by molar-refractivity contribution is 7.09. The minimum Gasteiger partial charge on any atom is -0.245 e. The summed E-state index contributed by atoms with van der Waals surface area (Å²) >= 11 is 1.61. The molecule has 0 saturated heterocycles. The molecule has 0 aliphatic heterocycles. The first-order valence-corrected chi connectivity index (χ1v) is 7.00. The quantitative estimate of drug-likeness (QED) is 0.641. The summed E-state index contributed by atoms with van der Waals surface area (Å²) in [6.07, 6.45) is 3.29. The third-order valence-electron chi connectivity index (χ3n) is 2.72. The monoisotopic (exact) mass is 277 g/mol. The molecule has 0 atom stereocenters. The van der Waals surface area contributed by atoms with E-state index in [2.05, 4.69) is 26.8 Å². The number of aryl methyl sites for hydroxylation is 1. The summed E-state index contributed by atoms with van der Waals surface area (Å²) in [7, 11) is 0. The van der Waals surface area contributed by atoms with Crippen LogP contribution in [0.15, 0.2) is 48.2 Å². The molecular formula is C16H11N3S. The van der Waals surface area contributed by atoms with Gasteiger partial charge in [0.25, 0.3) is 0 Å².